The lowest BCUT2D eigenvalue weighted by Gasteiger charge is -1.94. The monoisotopic (exact) mass is 178 g/mol. The first kappa shape index (κ1) is 9.23. The van der Waals surface area contributed by atoms with Crippen LogP contribution in [-0.2, 0) is 6.42 Å². The Hall–Kier alpha value is -0.863. The molecule has 0 aliphatic rings. The van der Waals surface area contributed by atoms with Crippen LogP contribution in [-0.4, -0.2) is 13.8 Å². The van der Waals surface area contributed by atoms with Crippen molar-refractivity contribution in [3.05, 3.63) is 47.7 Å². The smallest absolute Gasteiger partial charge is 0.193 e. The van der Waals surface area contributed by atoms with Crippen LogP contribution in [0.4, 0.5) is 0 Å². The summed E-state index contributed by atoms with van der Waals surface area (Å²) in [6.45, 7) is 1.89. The van der Waals surface area contributed by atoms with Crippen LogP contribution in [0.15, 0.2) is 42.1 Å². The average molecular weight is 178 g/mol. The van der Waals surface area contributed by atoms with E-state index in [2.05, 4.69) is 12.1 Å². The van der Waals surface area contributed by atoms with Crippen LogP contribution in [0.3, 0.4) is 0 Å². The maximum atomic E-state index is 9.08. The van der Waals surface area contributed by atoms with Gasteiger partial charge in [0.2, 0.25) is 0 Å². The van der Waals surface area contributed by atoms with Crippen molar-refractivity contribution in [3.63, 3.8) is 0 Å². The second-order valence-electron chi connectivity index (χ2n) is 2.86. The zero-order valence-corrected chi connectivity index (χ0v) is 8.43. The standard InChI is InChI=1S/C10H14OSi/c1-12(11)9-5-8-10-6-3-2-4-7-10/h2-7,9,11-12H,8H2,1H3. The van der Waals surface area contributed by atoms with E-state index in [4.69, 9.17) is 4.80 Å². The molecule has 0 amide bonds. The highest BCUT2D eigenvalue weighted by Crippen LogP contribution is 1.99. The van der Waals surface area contributed by atoms with E-state index in [-0.39, 0.29) is 0 Å². The number of allylic oxidation sites excluding steroid dienone is 1. The van der Waals surface area contributed by atoms with Gasteiger partial charge in [-0.1, -0.05) is 42.1 Å². The van der Waals surface area contributed by atoms with Crippen molar-refractivity contribution < 1.29 is 4.80 Å². The Kier molecular flexibility index (Phi) is 3.77. The Morgan fingerprint density at radius 2 is 2.00 bits per heavy atom. The van der Waals surface area contributed by atoms with Crippen LogP contribution in [0.1, 0.15) is 5.56 Å². The highest BCUT2D eigenvalue weighted by molar-refractivity contribution is 6.54. The molecule has 1 rings (SSSR count). The molecule has 2 heteroatoms. The van der Waals surface area contributed by atoms with Crippen molar-refractivity contribution in [1.29, 1.82) is 0 Å². The molecular formula is C10H14OSi. The van der Waals surface area contributed by atoms with Crippen LogP contribution in [0.2, 0.25) is 6.55 Å². The van der Waals surface area contributed by atoms with Crippen LogP contribution in [0, 0.1) is 0 Å². The molecule has 12 heavy (non-hydrogen) atoms. The SMILES string of the molecule is C[SiH](O)C=CCc1ccccc1. The van der Waals surface area contributed by atoms with Crippen molar-refractivity contribution in [3.8, 4) is 0 Å². The summed E-state index contributed by atoms with van der Waals surface area (Å²) in [5.74, 6) is 0. The molecule has 0 bridgehead atoms. The van der Waals surface area contributed by atoms with Gasteiger partial charge in [0.05, 0.1) is 0 Å². The predicted molar refractivity (Wildman–Crippen MR) is 54.5 cm³/mol. The zero-order valence-electron chi connectivity index (χ0n) is 7.27. The third-order valence-corrected chi connectivity index (χ3v) is 2.44. The molecule has 1 N–H and O–H groups in total. The molecule has 1 atom stereocenters. The van der Waals surface area contributed by atoms with Gasteiger partial charge in [0.25, 0.3) is 0 Å². The van der Waals surface area contributed by atoms with Crippen LogP contribution in [0.25, 0.3) is 0 Å². The van der Waals surface area contributed by atoms with Gasteiger partial charge in [0, 0.05) is 0 Å². The zero-order chi connectivity index (χ0) is 8.81. The second kappa shape index (κ2) is 4.90. The molecule has 1 aromatic carbocycles. The molecule has 1 aromatic rings. The van der Waals surface area contributed by atoms with Gasteiger partial charge in [-0.05, 0) is 18.5 Å². The summed E-state index contributed by atoms with van der Waals surface area (Å²) in [5.41, 5.74) is 3.23. The molecule has 0 saturated carbocycles. The van der Waals surface area contributed by atoms with E-state index in [9.17, 15) is 0 Å². The number of hydrogen-bond acceptors (Lipinski definition) is 1. The molecule has 1 nitrogen and oxygen atoms in total. The van der Waals surface area contributed by atoms with Gasteiger partial charge in [-0.25, -0.2) is 0 Å². The lowest BCUT2D eigenvalue weighted by molar-refractivity contribution is 0.592. The van der Waals surface area contributed by atoms with Crippen LogP contribution < -0.4 is 0 Å². The summed E-state index contributed by atoms with van der Waals surface area (Å²) in [6.07, 6.45) is 2.98. The molecule has 0 heterocycles. The van der Waals surface area contributed by atoms with Gasteiger partial charge in [0.15, 0.2) is 9.04 Å². The highest BCUT2D eigenvalue weighted by atomic mass is 28.3. The number of hydrogen-bond donors (Lipinski definition) is 1. The number of benzene rings is 1. The molecule has 1 unspecified atom stereocenters. The van der Waals surface area contributed by atoms with Gasteiger partial charge in [-0.2, -0.15) is 0 Å². The lowest BCUT2D eigenvalue weighted by Crippen LogP contribution is -1.99. The number of rotatable bonds is 3. The summed E-state index contributed by atoms with van der Waals surface area (Å²) in [7, 11) is -1.49. The van der Waals surface area contributed by atoms with E-state index in [1.807, 2.05) is 36.5 Å². The molecule has 64 valence electrons. The molecule has 0 spiro atoms. The normalized spacial score (nSPS) is 13.5. The second-order valence-corrected chi connectivity index (χ2v) is 4.72. The van der Waals surface area contributed by atoms with Crippen molar-refractivity contribution in [2.75, 3.05) is 0 Å². The minimum atomic E-state index is -1.49. The third kappa shape index (κ3) is 3.51. The Bertz CT molecular complexity index is 241. The van der Waals surface area contributed by atoms with Crippen molar-refractivity contribution in [2.45, 2.75) is 13.0 Å². The maximum Gasteiger partial charge on any atom is 0.193 e. The first-order valence-electron chi connectivity index (χ1n) is 4.17. The van der Waals surface area contributed by atoms with E-state index in [1.165, 1.54) is 5.56 Å². The van der Waals surface area contributed by atoms with Crippen molar-refractivity contribution in [1.82, 2.24) is 0 Å². The molecule has 0 aliphatic carbocycles. The summed E-state index contributed by atoms with van der Waals surface area (Å²) in [5, 5.41) is 0. The maximum absolute atomic E-state index is 9.08. The summed E-state index contributed by atoms with van der Waals surface area (Å²) < 4.78 is 0. The van der Waals surface area contributed by atoms with Crippen LogP contribution >= 0.6 is 0 Å². The predicted octanol–water partition coefficient (Wildman–Crippen LogP) is 1.67. The average Bonchev–Trinajstić information content (AvgIpc) is 2.05. The Morgan fingerprint density at radius 1 is 1.33 bits per heavy atom. The molecule has 0 aliphatic heterocycles. The van der Waals surface area contributed by atoms with E-state index in [0.717, 1.165) is 6.42 Å². The molecule has 0 aromatic heterocycles. The Morgan fingerprint density at radius 3 is 2.58 bits per heavy atom. The lowest BCUT2D eigenvalue weighted by atomic mass is 10.2. The molecule has 0 fully saturated rings. The minimum absolute atomic E-state index is 0.929. The van der Waals surface area contributed by atoms with E-state index in [0.29, 0.717) is 0 Å². The Balaban J connectivity index is 2.43. The highest BCUT2D eigenvalue weighted by Gasteiger charge is 1.89. The van der Waals surface area contributed by atoms with E-state index >= 15 is 0 Å². The molecule has 0 radical (unpaired) electrons. The summed E-state index contributed by atoms with van der Waals surface area (Å²) in [6, 6.07) is 10.3. The van der Waals surface area contributed by atoms with Gasteiger partial charge in [0.1, 0.15) is 0 Å². The minimum Gasteiger partial charge on any atom is -0.431 e. The van der Waals surface area contributed by atoms with Crippen LogP contribution in [0.5, 0.6) is 0 Å². The quantitative estimate of drug-likeness (QED) is 0.698. The fourth-order valence-electron chi connectivity index (χ4n) is 1.02. The fourth-order valence-corrected chi connectivity index (χ4v) is 1.55. The van der Waals surface area contributed by atoms with E-state index < -0.39 is 9.04 Å². The Labute approximate surface area is 75.1 Å². The molecule has 0 saturated heterocycles. The largest absolute Gasteiger partial charge is 0.431 e. The fraction of sp³-hybridized carbons (Fsp3) is 0.200. The van der Waals surface area contributed by atoms with Crippen molar-refractivity contribution in [2.24, 2.45) is 0 Å². The first-order chi connectivity index (χ1) is 5.79. The van der Waals surface area contributed by atoms with Gasteiger partial charge in [-0.15, -0.1) is 0 Å². The first-order valence-corrected chi connectivity index (χ1v) is 6.51. The third-order valence-electron chi connectivity index (χ3n) is 1.61. The summed E-state index contributed by atoms with van der Waals surface area (Å²) >= 11 is 0. The topological polar surface area (TPSA) is 20.2 Å². The van der Waals surface area contributed by atoms with Gasteiger partial charge in [-0.3, -0.25) is 0 Å². The van der Waals surface area contributed by atoms with Gasteiger partial charge < -0.3 is 4.80 Å². The molecular weight excluding hydrogens is 164 g/mol. The van der Waals surface area contributed by atoms with Crippen molar-refractivity contribution >= 4 is 9.04 Å². The van der Waals surface area contributed by atoms with Gasteiger partial charge >= 0.3 is 0 Å². The summed E-state index contributed by atoms with van der Waals surface area (Å²) in [4.78, 5) is 9.08. The van der Waals surface area contributed by atoms with E-state index in [1.54, 1.807) is 0 Å².